The zero-order valence-corrected chi connectivity index (χ0v) is 13.5. The first-order chi connectivity index (χ1) is 11.7. The van der Waals surface area contributed by atoms with Gasteiger partial charge in [-0.2, -0.15) is 4.52 Å². The maximum atomic E-state index is 12.1. The highest BCUT2D eigenvalue weighted by Gasteiger charge is 2.21. The maximum Gasteiger partial charge on any atom is 0.256 e. The van der Waals surface area contributed by atoms with Gasteiger partial charge < -0.3 is 4.90 Å². The summed E-state index contributed by atoms with van der Waals surface area (Å²) in [4.78, 5) is 18.5. The lowest BCUT2D eigenvalue weighted by atomic mass is 9.96. The Morgan fingerprint density at radius 3 is 2.88 bits per heavy atom. The molecule has 0 bridgehead atoms. The third-order valence-corrected chi connectivity index (χ3v) is 4.61. The molecule has 0 aromatic carbocycles. The van der Waals surface area contributed by atoms with Gasteiger partial charge in [-0.15, -0.1) is 15.3 Å². The van der Waals surface area contributed by atoms with E-state index < -0.39 is 0 Å². The number of piperidine rings is 1. The number of aromatic nitrogens is 6. The van der Waals surface area contributed by atoms with Gasteiger partial charge in [0, 0.05) is 31.4 Å². The molecule has 4 heterocycles. The van der Waals surface area contributed by atoms with Gasteiger partial charge in [0.1, 0.15) is 12.1 Å². The molecule has 4 rings (SSSR count). The second kappa shape index (κ2) is 6.03. The number of rotatable bonds is 3. The summed E-state index contributed by atoms with van der Waals surface area (Å²) in [6, 6.07) is 3.92. The molecule has 1 aliphatic rings. The molecule has 0 amide bonds. The molecule has 0 unspecified atom stereocenters. The van der Waals surface area contributed by atoms with Crippen molar-refractivity contribution < 1.29 is 0 Å². The molecule has 0 radical (unpaired) electrons. The normalized spacial score (nSPS) is 16.0. The van der Waals surface area contributed by atoms with Gasteiger partial charge >= 0.3 is 0 Å². The number of aryl methyl sites for hydroxylation is 1. The molecule has 1 saturated heterocycles. The molecule has 3 aromatic heterocycles. The third-order valence-electron chi connectivity index (χ3n) is 4.61. The fraction of sp³-hybridized carbons (Fsp3) is 0.438. The molecule has 1 aliphatic heterocycles. The number of anilines is 1. The van der Waals surface area contributed by atoms with Crippen molar-refractivity contribution in [1.29, 1.82) is 0 Å². The summed E-state index contributed by atoms with van der Waals surface area (Å²) in [6.45, 7) is 4.40. The lowest BCUT2D eigenvalue weighted by Crippen LogP contribution is -2.37. The number of fused-ring (bicyclic) bond motifs is 1. The van der Waals surface area contributed by atoms with Crippen molar-refractivity contribution in [1.82, 2.24) is 29.4 Å². The number of hydrogen-bond acceptors (Lipinski definition) is 6. The Morgan fingerprint density at radius 2 is 2.04 bits per heavy atom. The minimum atomic E-state index is 0.0622. The lowest BCUT2D eigenvalue weighted by Gasteiger charge is -2.32. The minimum absolute atomic E-state index is 0.0622. The average molecular weight is 325 g/mol. The largest absolute Gasteiger partial charge is 0.355 e. The molecule has 1 fully saturated rings. The molecule has 0 saturated carbocycles. The van der Waals surface area contributed by atoms with Crippen LogP contribution in [-0.4, -0.2) is 42.5 Å². The Kier molecular flexibility index (Phi) is 3.72. The predicted octanol–water partition coefficient (Wildman–Crippen LogP) is 0.906. The summed E-state index contributed by atoms with van der Waals surface area (Å²) >= 11 is 0. The summed E-state index contributed by atoms with van der Waals surface area (Å²) in [5.74, 6) is 1.43. The van der Waals surface area contributed by atoms with Crippen LogP contribution in [0.1, 0.15) is 18.4 Å². The van der Waals surface area contributed by atoms with Gasteiger partial charge in [-0.25, -0.2) is 4.98 Å². The van der Waals surface area contributed by atoms with Gasteiger partial charge in [0.15, 0.2) is 5.65 Å². The Hall–Kier alpha value is -2.77. The van der Waals surface area contributed by atoms with Crippen molar-refractivity contribution in [2.24, 2.45) is 5.92 Å². The number of nitrogens with zero attached hydrogens (tertiary/aromatic N) is 7. The van der Waals surface area contributed by atoms with Crippen LogP contribution in [-0.2, 0) is 6.54 Å². The van der Waals surface area contributed by atoms with Gasteiger partial charge in [-0.05, 0) is 37.8 Å². The first-order valence-electron chi connectivity index (χ1n) is 8.14. The SMILES string of the molecule is Cc1cncn(CC2CCN(c3ccc4nncn4n3)CC2)c1=O. The average Bonchev–Trinajstić information content (AvgIpc) is 3.07. The highest BCUT2D eigenvalue weighted by Crippen LogP contribution is 2.22. The van der Waals surface area contributed by atoms with Crippen LogP contribution in [0.5, 0.6) is 0 Å². The van der Waals surface area contributed by atoms with Crippen molar-refractivity contribution >= 4 is 11.5 Å². The predicted molar refractivity (Wildman–Crippen MR) is 89.0 cm³/mol. The van der Waals surface area contributed by atoms with Crippen molar-refractivity contribution in [2.75, 3.05) is 18.0 Å². The van der Waals surface area contributed by atoms with E-state index in [0.29, 0.717) is 11.5 Å². The van der Waals surface area contributed by atoms with Crippen LogP contribution < -0.4 is 10.5 Å². The van der Waals surface area contributed by atoms with Gasteiger partial charge in [-0.3, -0.25) is 9.36 Å². The van der Waals surface area contributed by atoms with E-state index in [1.807, 2.05) is 12.1 Å². The van der Waals surface area contributed by atoms with Crippen LogP contribution in [0, 0.1) is 12.8 Å². The van der Waals surface area contributed by atoms with E-state index in [9.17, 15) is 4.79 Å². The Labute approximate surface area is 138 Å². The van der Waals surface area contributed by atoms with E-state index in [2.05, 4.69) is 25.2 Å². The fourth-order valence-electron chi connectivity index (χ4n) is 3.20. The second-order valence-electron chi connectivity index (χ2n) is 6.29. The third kappa shape index (κ3) is 2.75. The van der Waals surface area contributed by atoms with E-state index in [1.165, 1.54) is 0 Å². The molecule has 8 heteroatoms. The van der Waals surface area contributed by atoms with E-state index >= 15 is 0 Å². The molecular weight excluding hydrogens is 306 g/mol. The molecule has 0 N–H and O–H groups in total. The first kappa shape index (κ1) is 14.8. The maximum absolute atomic E-state index is 12.1. The van der Waals surface area contributed by atoms with Crippen molar-refractivity contribution in [2.45, 2.75) is 26.3 Å². The summed E-state index contributed by atoms with van der Waals surface area (Å²) in [7, 11) is 0. The first-order valence-corrected chi connectivity index (χ1v) is 8.14. The molecule has 24 heavy (non-hydrogen) atoms. The standard InChI is InChI=1S/C16H19N7O/c1-12-8-17-10-22(16(12)24)9-13-4-6-21(7-5-13)15-3-2-14-19-18-11-23(14)20-15/h2-3,8,10-11,13H,4-7,9H2,1H3. The Morgan fingerprint density at radius 1 is 1.21 bits per heavy atom. The zero-order chi connectivity index (χ0) is 16.5. The molecule has 0 spiro atoms. The van der Waals surface area contributed by atoms with Crippen LogP contribution in [0.25, 0.3) is 5.65 Å². The smallest absolute Gasteiger partial charge is 0.256 e. The van der Waals surface area contributed by atoms with E-state index in [1.54, 1.807) is 34.9 Å². The topological polar surface area (TPSA) is 81.2 Å². The zero-order valence-electron chi connectivity index (χ0n) is 13.5. The molecule has 8 nitrogen and oxygen atoms in total. The van der Waals surface area contributed by atoms with E-state index in [0.717, 1.165) is 43.9 Å². The van der Waals surface area contributed by atoms with Gasteiger partial charge in [-0.1, -0.05) is 0 Å². The second-order valence-corrected chi connectivity index (χ2v) is 6.29. The van der Waals surface area contributed by atoms with E-state index in [-0.39, 0.29) is 5.56 Å². The molecule has 3 aromatic rings. The summed E-state index contributed by atoms with van der Waals surface area (Å²) in [5.41, 5.74) is 1.51. The molecule has 0 atom stereocenters. The summed E-state index contributed by atoms with van der Waals surface area (Å²) < 4.78 is 3.43. The van der Waals surface area contributed by atoms with E-state index in [4.69, 9.17) is 0 Å². The Balaban J connectivity index is 1.43. The minimum Gasteiger partial charge on any atom is -0.355 e. The molecule has 124 valence electrons. The van der Waals surface area contributed by atoms with Crippen molar-refractivity contribution in [3.8, 4) is 0 Å². The van der Waals surface area contributed by atoms with Crippen LogP contribution in [0.3, 0.4) is 0 Å². The highest BCUT2D eigenvalue weighted by molar-refractivity contribution is 5.45. The highest BCUT2D eigenvalue weighted by atomic mass is 16.1. The van der Waals surface area contributed by atoms with Crippen molar-refractivity contribution in [3.05, 3.63) is 46.9 Å². The van der Waals surface area contributed by atoms with Crippen LogP contribution in [0.4, 0.5) is 5.82 Å². The van der Waals surface area contributed by atoms with Crippen molar-refractivity contribution in [3.63, 3.8) is 0 Å². The van der Waals surface area contributed by atoms with Crippen LogP contribution >= 0.6 is 0 Å². The summed E-state index contributed by atoms with van der Waals surface area (Å²) in [5, 5.41) is 12.4. The van der Waals surface area contributed by atoms with Gasteiger partial charge in [0.05, 0.1) is 6.33 Å². The molecule has 0 aliphatic carbocycles. The van der Waals surface area contributed by atoms with Crippen LogP contribution in [0.15, 0.2) is 35.8 Å². The summed E-state index contributed by atoms with van der Waals surface area (Å²) in [6.07, 6.45) is 6.94. The lowest BCUT2D eigenvalue weighted by molar-refractivity contribution is 0.349. The monoisotopic (exact) mass is 325 g/mol. The quantitative estimate of drug-likeness (QED) is 0.712. The fourth-order valence-corrected chi connectivity index (χ4v) is 3.20. The van der Waals surface area contributed by atoms with Gasteiger partial charge in [0.25, 0.3) is 5.56 Å². The van der Waals surface area contributed by atoms with Gasteiger partial charge in [0.2, 0.25) is 0 Å². The number of hydrogen-bond donors (Lipinski definition) is 0. The van der Waals surface area contributed by atoms with Crippen LogP contribution in [0.2, 0.25) is 0 Å². The Bertz CT molecular complexity index is 908. The molecular formula is C16H19N7O.